The van der Waals surface area contributed by atoms with Crippen molar-refractivity contribution in [1.82, 2.24) is 0 Å². The predicted molar refractivity (Wildman–Crippen MR) is 154 cm³/mol. The summed E-state index contributed by atoms with van der Waals surface area (Å²) in [5, 5.41) is 11.4. The van der Waals surface area contributed by atoms with Gasteiger partial charge in [-0.25, -0.2) is 13.2 Å². The van der Waals surface area contributed by atoms with Crippen molar-refractivity contribution < 1.29 is 31.5 Å². The van der Waals surface area contributed by atoms with Crippen LogP contribution >= 0.6 is 46.6 Å². The second-order valence-corrected chi connectivity index (χ2v) is 10.5. The van der Waals surface area contributed by atoms with Crippen molar-refractivity contribution in [3.8, 4) is 6.07 Å². The first-order valence-corrected chi connectivity index (χ1v) is 13.3. The van der Waals surface area contributed by atoms with E-state index >= 15 is 4.39 Å². The van der Waals surface area contributed by atoms with E-state index in [1.54, 1.807) is 6.07 Å². The van der Waals surface area contributed by atoms with Gasteiger partial charge in [0.15, 0.2) is 0 Å². The summed E-state index contributed by atoms with van der Waals surface area (Å²) in [5.74, 6) is -2.47. The van der Waals surface area contributed by atoms with Crippen molar-refractivity contribution in [1.29, 1.82) is 5.26 Å². The van der Waals surface area contributed by atoms with Crippen LogP contribution in [0.25, 0.3) is 0 Å². The number of rotatable bonds is 6. The highest BCUT2D eigenvalue weighted by Crippen LogP contribution is 2.49. The lowest BCUT2D eigenvalue weighted by molar-refractivity contribution is -0.219. The predicted octanol–water partition coefficient (Wildman–Crippen LogP) is 9.49. The van der Waals surface area contributed by atoms with Gasteiger partial charge in [-0.2, -0.15) is 18.4 Å². The first kappa shape index (κ1) is 32.0. The number of benzene rings is 4. The number of nitrogens with one attached hydrogen (secondary N) is 1. The number of halogens is 9. The fourth-order valence-corrected chi connectivity index (χ4v) is 4.96. The van der Waals surface area contributed by atoms with Gasteiger partial charge in [0.1, 0.15) is 5.82 Å². The molecule has 0 aliphatic carbocycles. The number of amides is 2. The topological polar surface area (TPSA) is 73.2 Å². The second-order valence-electron chi connectivity index (χ2n) is 8.87. The minimum atomic E-state index is -5.41. The van der Waals surface area contributed by atoms with Gasteiger partial charge in [-0.1, -0.05) is 53.0 Å². The zero-order valence-electron chi connectivity index (χ0n) is 21.1. The van der Waals surface area contributed by atoms with E-state index in [2.05, 4.69) is 5.32 Å². The molecule has 1 atom stereocenters. The van der Waals surface area contributed by atoms with Crippen LogP contribution < -0.4 is 9.74 Å². The third-order valence-corrected chi connectivity index (χ3v) is 7.37. The number of alkyl halides is 4. The molecule has 0 bridgehead atoms. The Labute approximate surface area is 261 Å². The van der Waals surface area contributed by atoms with E-state index in [9.17, 15) is 32.4 Å². The van der Waals surface area contributed by atoms with Crippen LogP contribution in [0.1, 0.15) is 37.4 Å². The van der Waals surface area contributed by atoms with Crippen molar-refractivity contribution in [2.24, 2.45) is 0 Å². The summed E-state index contributed by atoms with van der Waals surface area (Å²) in [6, 6.07) is 14.8. The van der Waals surface area contributed by atoms with Crippen molar-refractivity contribution >= 4 is 69.8 Å². The lowest BCUT2D eigenvalue weighted by Gasteiger charge is -2.29. The van der Waals surface area contributed by atoms with Crippen LogP contribution in [-0.2, 0) is 5.67 Å². The Morgan fingerprint density at radius 1 is 0.791 bits per heavy atom. The maximum Gasteiger partial charge on any atom is 0.431 e. The number of carbonyl (C=O) groups is 2. The van der Waals surface area contributed by atoms with E-state index in [1.807, 2.05) is 0 Å². The standard InChI is InChI=1S/C29H14Cl4F5N3O2/c30-18-5-2-16(3-6-18)28(35,29(36,37)38)17-4-10-25(24(32)11-17)41(33)27(43)22-13-20(8-1-15(22)14-39)40-26(42)21-9-7-19(34)12-23(21)31/h1-13H,(H,40,42). The van der Waals surface area contributed by atoms with E-state index in [-0.39, 0.29) is 38.1 Å². The molecule has 0 saturated heterocycles. The molecule has 43 heavy (non-hydrogen) atoms. The summed E-state index contributed by atoms with van der Waals surface area (Å²) >= 11 is 24.1. The molecule has 0 aliphatic rings. The Kier molecular flexibility index (Phi) is 9.23. The molecule has 4 rings (SSSR count). The lowest BCUT2D eigenvalue weighted by atomic mass is 9.87. The molecule has 14 heteroatoms. The number of carbonyl (C=O) groups excluding carboxylic acids is 2. The van der Waals surface area contributed by atoms with Gasteiger partial charge in [-0.15, -0.1) is 0 Å². The normalized spacial score (nSPS) is 12.7. The maximum absolute atomic E-state index is 15.8. The largest absolute Gasteiger partial charge is 0.431 e. The van der Waals surface area contributed by atoms with E-state index in [0.29, 0.717) is 10.5 Å². The maximum atomic E-state index is 15.8. The Morgan fingerprint density at radius 3 is 2.02 bits per heavy atom. The molecule has 4 aromatic carbocycles. The Balaban J connectivity index is 1.66. The highest BCUT2D eigenvalue weighted by molar-refractivity contribution is 6.43. The van der Waals surface area contributed by atoms with Crippen molar-refractivity contribution in [3.63, 3.8) is 0 Å². The highest BCUT2D eigenvalue weighted by atomic mass is 35.5. The second kappa shape index (κ2) is 12.4. The van der Waals surface area contributed by atoms with Gasteiger partial charge in [-0.3, -0.25) is 9.59 Å². The number of nitriles is 1. The van der Waals surface area contributed by atoms with E-state index in [0.717, 1.165) is 60.7 Å². The highest BCUT2D eigenvalue weighted by Gasteiger charge is 2.58. The van der Waals surface area contributed by atoms with Crippen molar-refractivity contribution in [2.75, 3.05) is 9.74 Å². The van der Waals surface area contributed by atoms with Gasteiger partial charge in [-0.05, 0) is 60.7 Å². The third-order valence-electron chi connectivity index (χ3n) is 6.17. The molecule has 0 heterocycles. The summed E-state index contributed by atoms with van der Waals surface area (Å²) in [6.07, 6.45) is -5.41. The minimum absolute atomic E-state index is 0.0228. The van der Waals surface area contributed by atoms with E-state index in [4.69, 9.17) is 46.6 Å². The molecule has 0 radical (unpaired) electrons. The Morgan fingerprint density at radius 2 is 1.44 bits per heavy atom. The number of anilines is 2. The van der Waals surface area contributed by atoms with Crippen molar-refractivity contribution in [2.45, 2.75) is 11.8 Å². The molecule has 0 aliphatic heterocycles. The van der Waals surface area contributed by atoms with Gasteiger partial charge >= 0.3 is 6.18 Å². The summed E-state index contributed by atoms with van der Waals surface area (Å²) in [4.78, 5) is 26.0. The van der Waals surface area contributed by atoms with E-state index in [1.165, 1.54) is 12.1 Å². The van der Waals surface area contributed by atoms with Gasteiger partial charge < -0.3 is 5.32 Å². The SMILES string of the molecule is N#Cc1ccc(NC(=O)c2ccc(F)cc2Cl)cc1C(=O)N(Cl)c1ccc(C(F)(c2ccc(Cl)cc2)C(F)(F)F)cc1Cl. The van der Waals surface area contributed by atoms with Crippen LogP contribution in [-0.4, -0.2) is 18.0 Å². The Bertz CT molecular complexity index is 1780. The van der Waals surface area contributed by atoms with Crippen LogP contribution in [0.15, 0.2) is 78.9 Å². The molecule has 4 aromatic rings. The molecule has 1 unspecified atom stereocenters. The first-order valence-electron chi connectivity index (χ1n) is 11.8. The third kappa shape index (κ3) is 6.40. The van der Waals surface area contributed by atoms with Gasteiger partial charge in [0, 0.05) is 33.6 Å². The van der Waals surface area contributed by atoms with Gasteiger partial charge in [0.2, 0.25) is 0 Å². The molecular formula is C29H14Cl4F5N3O2. The molecule has 0 aromatic heterocycles. The summed E-state index contributed by atoms with van der Waals surface area (Å²) in [5.41, 5.74) is -6.52. The molecule has 5 nitrogen and oxygen atoms in total. The molecule has 0 spiro atoms. The smallest absolute Gasteiger partial charge is 0.322 e. The van der Waals surface area contributed by atoms with Gasteiger partial charge in [0.05, 0.1) is 38.5 Å². The minimum Gasteiger partial charge on any atom is -0.322 e. The summed E-state index contributed by atoms with van der Waals surface area (Å²) < 4.78 is 71.7. The molecule has 0 fully saturated rings. The zero-order valence-corrected chi connectivity index (χ0v) is 24.1. The lowest BCUT2D eigenvalue weighted by Crippen LogP contribution is -2.39. The monoisotopic (exact) mass is 671 g/mol. The number of hydrogen-bond acceptors (Lipinski definition) is 3. The Hall–Kier alpha value is -3.88. The average molecular weight is 673 g/mol. The van der Waals surface area contributed by atoms with Gasteiger partial charge in [0.25, 0.3) is 17.5 Å². The van der Waals surface area contributed by atoms with Crippen LogP contribution in [0.5, 0.6) is 0 Å². The quantitative estimate of drug-likeness (QED) is 0.164. The first-order chi connectivity index (χ1) is 20.2. The van der Waals surface area contributed by atoms with Crippen molar-refractivity contribution in [3.05, 3.63) is 128 Å². The summed E-state index contributed by atoms with van der Waals surface area (Å²) in [6.45, 7) is 0. The molecule has 2 amide bonds. The molecule has 0 saturated carbocycles. The number of nitrogens with zero attached hydrogens (tertiary/aromatic N) is 2. The fourth-order valence-electron chi connectivity index (χ4n) is 4.04. The van der Waals surface area contributed by atoms with E-state index < -0.39 is 45.6 Å². The van der Waals surface area contributed by atoms with Crippen LogP contribution in [0.3, 0.4) is 0 Å². The fraction of sp³-hybridized carbons (Fsp3) is 0.0690. The van der Waals surface area contributed by atoms with Crippen LogP contribution in [0.2, 0.25) is 15.1 Å². The zero-order chi connectivity index (χ0) is 31.7. The number of hydrogen-bond donors (Lipinski definition) is 1. The molecular weight excluding hydrogens is 659 g/mol. The average Bonchev–Trinajstić information content (AvgIpc) is 2.95. The molecule has 1 N–H and O–H groups in total. The van der Waals surface area contributed by atoms with Crippen LogP contribution in [0.4, 0.5) is 33.3 Å². The summed E-state index contributed by atoms with van der Waals surface area (Å²) in [7, 11) is 0. The van der Waals surface area contributed by atoms with Crippen LogP contribution in [0, 0.1) is 17.1 Å². The molecule has 220 valence electrons.